The van der Waals surface area contributed by atoms with Gasteiger partial charge in [0.1, 0.15) is 11.8 Å². The number of rotatable bonds is 7. The minimum atomic E-state index is -3.39. The molecular formula is C16H19N3O4S2. The smallest absolute Gasteiger partial charge is 0.264 e. The van der Waals surface area contributed by atoms with Crippen molar-refractivity contribution in [2.75, 3.05) is 31.6 Å². The summed E-state index contributed by atoms with van der Waals surface area (Å²) in [6.45, 7) is 0.556. The van der Waals surface area contributed by atoms with Crippen molar-refractivity contribution < 1.29 is 17.3 Å². The third-order valence-electron chi connectivity index (χ3n) is 3.59. The van der Waals surface area contributed by atoms with Gasteiger partial charge in [0.2, 0.25) is 0 Å². The molecule has 134 valence electrons. The molecule has 0 spiro atoms. The van der Waals surface area contributed by atoms with Gasteiger partial charge < -0.3 is 4.74 Å². The van der Waals surface area contributed by atoms with Crippen LogP contribution in [0.15, 0.2) is 40.5 Å². The first-order chi connectivity index (χ1) is 12.0. The van der Waals surface area contributed by atoms with E-state index in [1.54, 1.807) is 31.3 Å². The first-order valence-electron chi connectivity index (χ1n) is 7.70. The van der Waals surface area contributed by atoms with Crippen LogP contribution >= 0.6 is 11.8 Å². The molecule has 2 heterocycles. The average Bonchev–Trinajstić information content (AvgIpc) is 2.58. The lowest BCUT2D eigenvalue weighted by molar-refractivity contribution is 0.204. The molecule has 0 atom stereocenters. The molecule has 1 aromatic carbocycles. The van der Waals surface area contributed by atoms with Gasteiger partial charge in [0.15, 0.2) is 5.82 Å². The molecule has 0 saturated heterocycles. The topological polar surface area (TPSA) is 81.6 Å². The van der Waals surface area contributed by atoms with Crippen LogP contribution in [0.3, 0.4) is 0 Å². The molecule has 2 aromatic rings. The Balaban J connectivity index is 1.78. The Labute approximate surface area is 151 Å². The fraction of sp³-hybridized carbons (Fsp3) is 0.375. The summed E-state index contributed by atoms with van der Waals surface area (Å²) in [6.07, 6.45) is 5.75. The number of anilines is 2. The van der Waals surface area contributed by atoms with Crippen molar-refractivity contribution in [2.24, 2.45) is 0 Å². The number of methoxy groups -OCH3 is 1. The Kier molecular flexibility index (Phi) is 5.57. The molecule has 0 aliphatic carbocycles. The summed E-state index contributed by atoms with van der Waals surface area (Å²) in [4.78, 5) is 11.9. The maximum Gasteiger partial charge on any atom is 0.264 e. The molecule has 0 unspecified atom stereocenters. The molecule has 9 heteroatoms. The van der Waals surface area contributed by atoms with Crippen LogP contribution in [0.4, 0.5) is 11.5 Å². The maximum atomic E-state index is 11.0. The van der Waals surface area contributed by atoms with E-state index in [0.717, 1.165) is 39.7 Å². The Morgan fingerprint density at radius 3 is 2.80 bits per heavy atom. The lowest BCUT2D eigenvalue weighted by atomic mass is 10.1. The van der Waals surface area contributed by atoms with Gasteiger partial charge in [-0.15, -0.1) is 0 Å². The summed E-state index contributed by atoms with van der Waals surface area (Å²) in [7, 11) is -1.74. The zero-order chi connectivity index (χ0) is 17.9. The van der Waals surface area contributed by atoms with E-state index in [0.29, 0.717) is 13.2 Å². The Bertz CT molecular complexity index is 858. The van der Waals surface area contributed by atoms with Gasteiger partial charge in [0, 0.05) is 24.4 Å². The fourth-order valence-electron chi connectivity index (χ4n) is 2.56. The number of ether oxygens (including phenoxy) is 1. The number of hydrogen-bond donors (Lipinski definition) is 0. The molecule has 0 bridgehead atoms. The summed E-state index contributed by atoms with van der Waals surface area (Å²) in [5.74, 6) is 0.777. The average molecular weight is 381 g/mol. The predicted octanol–water partition coefficient (Wildman–Crippen LogP) is 2.59. The van der Waals surface area contributed by atoms with Crippen LogP contribution in [-0.2, 0) is 25.5 Å². The van der Waals surface area contributed by atoms with Gasteiger partial charge in [-0.25, -0.2) is 9.97 Å². The quantitative estimate of drug-likeness (QED) is 0.535. The highest BCUT2D eigenvalue weighted by molar-refractivity contribution is 7.99. The van der Waals surface area contributed by atoms with Gasteiger partial charge in [-0.1, -0.05) is 17.8 Å². The molecule has 25 heavy (non-hydrogen) atoms. The molecule has 0 N–H and O–H groups in total. The molecule has 1 aliphatic rings. The normalized spacial score (nSPS) is 13.4. The highest BCUT2D eigenvalue weighted by Gasteiger charge is 2.25. The largest absolute Gasteiger partial charge is 0.364 e. The standard InChI is InChI=1S/C16H19N3O4S2/c1-22-11-19-13-10-12(4-3-9-23-25(2,20)21)5-6-14(13)24-16-15(19)17-7-8-18-16/h5-8,10H,3-4,9,11H2,1-2H3. The second-order valence-electron chi connectivity index (χ2n) is 5.56. The van der Waals surface area contributed by atoms with Crippen molar-refractivity contribution in [3.63, 3.8) is 0 Å². The second kappa shape index (κ2) is 7.69. The Hall–Kier alpha value is -1.68. The van der Waals surface area contributed by atoms with Crippen molar-refractivity contribution >= 4 is 33.4 Å². The van der Waals surface area contributed by atoms with Crippen LogP contribution in [0.5, 0.6) is 0 Å². The first-order valence-corrected chi connectivity index (χ1v) is 10.3. The van der Waals surface area contributed by atoms with E-state index in [-0.39, 0.29) is 6.61 Å². The number of aryl methyl sites for hydroxylation is 1. The molecule has 3 rings (SSSR count). The monoisotopic (exact) mass is 381 g/mol. The van der Waals surface area contributed by atoms with E-state index >= 15 is 0 Å². The number of fused-ring (bicyclic) bond motifs is 2. The number of nitrogens with zero attached hydrogens (tertiary/aromatic N) is 3. The van der Waals surface area contributed by atoms with Gasteiger partial charge in [-0.2, -0.15) is 8.42 Å². The van der Waals surface area contributed by atoms with Crippen LogP contribution in [0.2, 0.25) is 0 Å². The number of benzene rings is 1. The first kappa shape index (κ1) is 18.1. The molecule has 7 nitrogen and oxygen atoms in total. The summed E-state index contributed by atoms with van der Waals surface area (Å²) in [6, 6.07) is 6.17. The predicted molar refractivity (Wildman–Crippen MR) is 95.7 cm³/mol. The van der Waals surface area contributed by atoms with Gasteiger partial charge in [0.05, 0.1) is 18.6 Å². The number of aromatic nitrogens is 2. The summed E-state index contributed by atoms with van der Waals surface area (Å²) in [5.41, 5.74) is 2.12. The molecule has 1 aliphatic heterocycles. The maximum absolute atomic E-state index is 11.0. The van der Waals surface area contributed by atoms with Crippen LogP contribution < -0.4 is 4.90 Å². The molecule has 0 fully saturated rings. The van der Waals surface area contributed by atoms with E-state index in [1.165, 1.54) is 0 Å². The minimum Gasteiger partial charge on any atom is -0.364 e. The van der Waals surface area contributed by atoms with Crippen molar-refractivity contribution in [1.82, 2.24) is 9.97 Å². The van der Waals surface area contributed by atoms with Crippen LogP contribution in [-0.4, -0.2) is 45.1 Å². The van der Waals surface area contributed by atoms with Crippen LogP contribution in [0, 0.1) is 0 Å². The van der Waals surface area contributed by atoms with E-state index in [2.05, 4.69) is 16.0 Å². The Morgan fingerprint density at radius 1 is 1.24 bits per heavy atom. The van der Waals surface area contributed by atoms with Crippen molar-refractivity contribution in [2.45, 2.75) is 22.8 Å². The zero-order valence-electron chi connectivity index (χ0n) is 14.0. The zero-order valence-corrected chi connectivity index (χ0v) is 15.6. The van der Waals surface area contributed by atoms with Gasteiger partial charge in [-0.3, -0.25) is 9.08 Å². The highest BCUT2D eigenvalue weighted by Crippen LogP contribution is 2.46. The van der Waals surface area contributed by atoms with Crippen molar-refractivity contribution in [1.29, 1.82) is 0 Å². The SMILES string of the molecule is COCN1c2cc(CCCOS(C)(=O)=O)ccc2Sc2nccnc21. The lowest BCUT2D eigenvalue weighted by Crippen LogP contribution is -2.24. The summed E-state index contributed by atoms with van der Waals surface area (Å²) < 4.78 is 32.1. The van der Waals surface area contributed by atoms with Gasteiger partial charge in [-0.05, 0) is 30.5 Å². The van der Waals surface area contributed by atoms with E-state index in [1.807, 2.05) is 17.0 Å². The summed E-state index contributed by atoms with van der Waals surface area (Å²) in [5, 5.41) is 0.848. The van der Waals surface area contributed by atoms with Crippen molar-refractivity contribution in [3.05, 3.63) is 36.2 Å². The van der Waals surface area contributed by atoms with Crippen LogP contribution in [0.25, 0.3) is 0 Å². The van der Waals surface area contributed by atoms with E-state index in [9.17, 15) is 8.42 Å². The third kappa shape index (κ3) is 4.49. The third-order valence-corrected chi connectivity index (χ3v) is 5.23. The Morgan fingerprint density at radius 2 is 2.04 bits per heavy atom. The fourth-order valence-corrected chi connectivity index (χ4v) is 3.96. The van der Waals surface area contributed by atoms with Gasteiger partial charge in [0.25, 0.3) is 10.1 Å². The molecule has 0 radical (unpaired) electrons. The number of hydrogen-bond acceptors (Lipinski definition) is 8. The van der Waals surface area contributed by atoms with Gasteiger partial charge >= 0.3 is 0 Å². The van der Waals surface area contributed by atoms with E-state index in [4.69, 9.17) is 8.92 Å². The lowest BCUT2D eigenvalue weighted by Gasteiger charge is -2.30. The summed E-state index contributed by atoms with van der Waals surface area (Å²) >= 11 is 1.58. The van der Waals surface area contributed by atoms with Crippen molar-refractivity contribution in [3.8, 4) is 0 Å². The minimum absolute atomic E-state index is 0.181. The second-order valence-corrected chi connectivity index (χ2v) is 8.24. The molecule has 0 amide bonds. The molecule has 0 saturated carbocycles. The van der Waals surface area contributed by atoms with E-state index < -0.39 is 10.1 Å². The molecular weight excluding hydrogens is 362 g/mol. The highest BCUT2D eigenvalue weighted by atomic mass is 32.2. The molecule has 1 aromatic heterocycles. The van der Waals surface area contributed by atoms with Crippen LogP contribution in [0.1, 0.15) is 12.0 Å².